The normalized spacial score (nSPS) is 32.4. The Labute approximate surface area is 206 Å². The molecule has 0 aromatic heterocycles. The van der Waals surface area contributed by atoms with Gasteiger partial charge < -0.3 is 19.3 Å². The molecule has 2 aliphatic rings. The monoisotopic (exact) mass is 481 g/mol. The van der Waals surface area contributed by atoms with Gasteiger partial charge in [0.15, 0.2) is 5.78 Å². The van der Waals surface area contributed by atoms with Crippen LogP contribution in [0.5, 0.6) is 0 Å². The molecule has 2 fully saturated rings. The van der Waals surface area contributed by atoms with Crippen molar-refractivity contribution in [2.24, 2.45) is 23.2 Å². The van der Waals surface area contributed by atoms with Gasteiger partial charge in [0.2, 0.25) is 5.91 Å². The fraction of sp³-hybridized carbons (Fsp3) is 0.885. The standard InChI is InChI=1S/C26H47N3O5/c1-18-12-26(5,33-9)13-19(2)23(31)25(3,4)24(32)34-17-21(28(8)14-18)20-15-29(16-20)22(30)10-11-27(6)7/h18-21H,10-17H2,1-9H3/t18-,19-,21?,26-/m1/s1. The van der Waals surface area contributed by atoms with E-state index in [-0.39, 0.29) is 36.2 Å². The molecule has 2 saturated heterocycles. The third-order valence-electron chi connectivity index (χ3n) is 7.72. The molecule has 2 aliphatic heterocycles. The third-order valence-corrected chi connectivity index (χ3v) is 7.72. The minimum absolute atomic E-state index is 0.0119. The van der Waals surface area contributed by atoms with Crippen molar-refractivity contribution in [1.82, 2.24) is 14.7 Å². The quantitative estimate of drug-likeness (QED) is 0.440. The number of likely N-dealkylation sites (N-methyl/N-ethyl adjacent to an activating group) is 1. The molecule has 0 aromatic rings. The first-order valence-electron chi connectivity index (χ1n) is 12.6. The van der Waals surface area contributed by atoms with Crippen molar-refractivity contribution < 1.29 is 23.9 Å². The summed E-state index contributed by atoms with van der Waals surface area (Å²) in [5.74, 6) is -0.195. The predicted octanol–water partition coefficient (Wildman–Crippen LogP) is 2.31. The van der Waals surface area contributed by atoms with Crippen LogP contribution in [-0.2, 0) is 23.9 Å². The topological polar surface area (TPSA) is 79.4 Å². The summed E-state index contributed by atoms with van der Waals surface area (Å²) in [4.78, 5) is 44.9. The number of carbonyl (C=O) groups is 3. The third kappa shape index (κ3) is 7.01. The van der Waals surface area contributed by atoms with E-state index < -0.39 is 17.0 Å². The SMILES string of the molecule is CO[C@]1(C)C[C@@H](C)CN(C)C(C2CN(C(=O)CCN(C)C)C2)COC(=O)C(C)(C)C(=O)[C@H](C)C1. The van der Waals surface area contributed by atoms with Crippen molar-refractivity contribution in [3.8, 4) is 0 Å². The van der Waals surface area contributed by atoms with E-state index in [0.717, 1.165) is 19.5 Å². The van der Waals surface area contributed by atoms with Crippen molar-refractivity contribution in [2.75, 3.05) is 61.0 Å². The van der Waals surface area contributed by atoms with Gasteiger partial charge in [-0.25, -0.2) is 0 Å². The van der Waals surface area contributed by atoms with Gasteiger partial charge in [-0.15, -0.1) is 0 Å². The van der Waals surface area contributed by atoms with Gasteiger partial charge in [-0.3, -0.25) is 19.3 Å². The average Bonchev–Trinajstić information content (AvgIpc) is 2.71. The highest BCUT2D eigenvalue weighted by Gasteiger charge is 2.45. The number of ketones is 1. The molecule has 0 saturated carbocycles. The minimum Gasteiger partial charge on any atom is -0.463 e. The Hall–Kier alpha value is -1.51. The lowest BCUT2D eigenvalue weighted by atomic mass is 9.76. The van der Waals surface area contributed by atoms with Crippen LogP contribution < -0.4 is 0 Å². The van der Waals surface area contributed by atoms with Gasteiger partial charge in [0.25, 0.3) is 0 Å². The molecule has 0 spiro atoms. The summed E-state index contributed by atoms with van der Waals surface area (Å²) >= 11 is 0. The predicted molar refractivity (Wildman–Crippen MR) is 132 cm³/mol. The van der Waals surface area contributed by atoms with Gasteiger partial charge in [0.1, 0.15) is 12.0 Å². The Morgan fingerprint density at radius 2 is 1.74 bits per heavy atom. The van der Waals surface area contributed by atoms with Gasteiger partial charge in [-0.05, 0) is 60.7 Å². The van der Waals surface area contributed by atoms with Crippen LogP contribution in [0.25, 0.3) is 0 Å². The molecule has 196 valence electrons. The number of Topliss-reactive ketones (excluding diaryl/α,β-unsaturated/α-hetero) is 1. The Balaban J connectivity index is 2.19. The summed E-state index contributed by atoms with van der Waals surface area (Å²) in [7, 11) is 7.69. The molecule has 0 N–H and O–H groups in total. The summed E-state index contributed by atoms with van der Waals surface area (Å²) in [5.41, 5.74) is -1.67. The van der Waals surface area contributed by atoms with E-state index in [9.17, 15) is 14.4 Å². The van der Waals surface area contributed by atoms with Crippen LogP contribution in [0.1, 0.15) is 53.9 Å². The molecule has 1 unspecified atom stereocenters. The maximum atomic E-state index is 13.2. The second kappa shape index (κ2) is 11.5. The zero-order valence-electron chi connectivity index (χ0n) is 22.8. The summed E-state index contributed by atoms with van der Waals surface area (Å²) in [6.45, 7) is 12.6. The Morgan fingerprint density at radius 1 is 1.12 bits per heavy atom. The Morgan fingerprint density at radius 3 is 2.29 bits per heavy atom. The van der Waals surface area contributed by atoms with Crippen LogP contribution in [0.4, 0.5) is 0 Å². The average molecular weight is 482 g/mol. The number of amides is 1. The number of methoxy groups -OCH3 is 1. The van der Waals surface area contributed by atoms with E-state index in [1.807, 2.05) is 30.8 Å². The molecular formula is C26H47N3O5. The molecule has 0 radical (unpaired) electrons. The number of likely N-dealkylation sites (tertiary alicyclic amines) is 1. The maximum Gasteiger partial charge on any atom is 0.319 e. The molecule has 2 heterocycles. The Bertz CT molecular complexity index is 734. The van der Waals surface area contributed by atoms with Gasteiger partial charge in [0, 0.05) is 57.6 Å². The number of hydrogen-bond acceptors (Lipinski definition) is 7. The van der Waals surface area contributed by atoms with Crippen molar-refractivity contribution in [3.05, 3.63) is 0 Å². The largest absolute Gasteiger partial charge is 0.463 e. The van der Waals surface area contributed by atoms with Crippen molar-refractivity contribution in [3.63, 3.8) is 0 Å². The maximum absolute atomic E-state index is 13.2. The van der Waals surface area contributed by atoms with E-state index >= 15 is 0 Å². The molecule has 8 nitrogen and oxygen atoms in total. The molecule has 2 rings (SSSR count). The van der Waals surface area contributed by atoms with Crippen LogP contribution >= 0.6 is 0 Å². The van der Waals surface area contributed by atoms with Crippen molar-refractivity contribution >= 4 is 17.7 Å². The number of nitrogens with zero attached hydrogens (tertiary/aromatic N) is 3. The molecule has 0 aliphatic carbocycles. The van der Waals surface area contributed by atoms with Crippen molar-refractivity contribution in [2.45, 2.75) is 65.5 Å². The molecule has 1 amide bonds. The van der Waals surface area contributed by atoms with Gasteiger partial charge in [-0.1, -0.05) is 13.8 Å². The lowest BCUT2D eigenvalue weighted by molar-refractivity contribution is -0.163. The number of hydrogen-bond donors (Lipinski definition) is 0. The lowest BCUT2D eigenvalue weighted by Gasteiger charge is -2.46. The fourth-order valence-electron chi connectivity index (χ4n) is 5.54. The van der Waals surface area contributed by atoms with Crippen LogP contribution in [0.3, 0.4) is 0 Å². The van der Waals surface area contributed by atoms with Crippen molar-refractivity contribution in [1.29, 1.82) is 0 Å². The zero-order chi connectivity index (χ0) is 25.8. The van der Waals surface area contributed by atoms with E-state index in [1.54, 1.807) is 21.0 Å². The number of carbonyl (C=O) groups excluding carboxylic acids is 3. The molecule has 0 aromatic carbocycles. The molecule has 4 atom stereocenters. The van der Waals surface area contributed by atoms with Crippen LogP contribution in [0.2, 0.25) is 0 Å². The molecule has 8 heteroatoms. The van der Waals surface area contributed by atoms with E-state index in [0.29, 0.717) is 31.8 Å². The zero-order valence-corrected chi connectivity index (χ0v) is 22.8. The van der Waals surface area contributed by atoms with E-state index in [4.69, 9.17) is 9.47 Å². The molecule has 0 bridgehead atoms. The van der Waals surface area contributed by atoms with E-state index in [2.05, 4.69) is 25.8 Å². The highest BCUT2D eigenvalue weighted by Crippen LogP contribution is 2.34. The smallest absolute Gasteiger partial charge is 0.319 e. The first kappa shape index (κ1) is 28.7. The Kier molecular flexibility index (Phi) is 9.70. The van der Waals surface area contributed by atoms with Gasteiger partial charge >= 0.3 is 5.97 Å². The summed E-state index contributed by atoms with van der Waals surface area (Å²) in [6, 6.07) is -0.0119. The molecular weight excluding hydrogens is 434 g/mol. The highest BCUT2D eigenvalue weighted by molar-refractivity contribution is 6.03. The number of esters is 1. The summed E-state index contributed by atoms with van der Waals surface area (Å²) < 4.78 is 11.7. The second-order valence-corrected chi connectivity index (χ2v) is 11.8. The fourth-order valence-corrected chi connectivity index (χ4v) is 5.54. The number of ether oxygens (including phenoxy) is 2. The molecule has 34 heavy (non-hydrogen) atoms. The van der Waals surface area contributed by atoms with Crippen LogP contribution in [-0.4, -0.2) is 105 Å². The van der Waals surface area contributed by atoms with Gasteiger partial charge in [-0.2, -0.15) is 0 Å². The minimum atomic E-state index is -1.22. The van der Waals surface area contributed by atoms with Crippen LogP contribution in [0, 0.1) is 23.2 Å². The number of rotatable bonds is 5. The lowest BCUT2D eigenvalue weighted by Crippen LogP contribution is -2.60. The van der Waals surface area contributed by atoms with E-state index in [1.165, 1.54) is 0 Å². The highest BCUT2D eigenvalue weighted by atomic mass is 16.5. The second-order valence-electron chi connectivity index (χ2n) is 11.8. The summed E-state index contributed by atoms with van der Waals surface area (Å²) in [6.07, 6.45) is 1.88. The first-order chi connectivity index (χ1) is 15.7. The number of cyclic esters (lactones) is 1. The van der Waals surface area contributed by atoms with Crippen LogP contribution in [0.15, 0.2) is 0 Å². The van der Waals surface area contributed by atoms with Gasteiger partial charge in [0.05, 0.1) is 5.60 Å². The summed E-state index contributed by atoms with van der Waals surface area (Å²) in [5, 5.41) is 0. The first-order valence-corrected chi connectivity index (χ1v) is 12.6.